The van der Waals surface area contributed by atoms with Gasteiger partial charge in [-0.1, -0.05) is 0 Å². The molecule has 3 heterocycles. The van der Waals surface area contributed by atoms with Crippen LogP contribution in [0.15, 0.2) is 12.1 Å². The highest BCUT2D eigenvalue weighted by atomic mass is 16.5. The Labute approximate surface area is 132 Å². The van der Waals surface area contributed by atoms with Crippen LogP contribution in [0.2, 0.25) is 0 Å². The number of aromatic nitrogens is 1. The van der Waals surface area contributed by atoms with Crippen molar-refractivity contribution in [3.63, 3.8) is 0 Å². The first-order valence-corrected chi connectivity index (χ1v) is 8.11. The molecule has 5 heteroatoms. The standard InChI is InChI=1S/C17H25N3O2/c1-12-14(17(21)22-3)6-7-16(18-12)20-10-8-15-13(11-20)5-4-9-19(15)2/h6-7,13,15H,4-5,8-11H2,1-3H3. The van der Waals surface area contributed by atoms with Gasteiger partial charge in [-0.15, -0.1) is 0 Å². The van der Waals surface area contributed by atoms with Crippen LogP contribution in [0.1, 0.15) is 35.3 Å². The number of anilines is 1. The Balaban J connectivity index is 1.75. The number of piperidine rings is 2. The van der Waals surface area contributed by atoms with Crippen LogP contribution in [0.25, 0.3) is 0 Å². The van der Waals surface area contributed by atoms with Crippen LogP contribution >= 0.6 is 0 Å². The number of rotatable bonds is 2. The highest BCUT2D eigenvalue weighted by Gasteiger charge is 2.34. The predicted octanol–water partition coefficient (Wildman–Crippen LogP) is 2.10. The second-order valence-corrected chi connectivity index (χ2v) is 6.48. The average molecular weight is 303 g/mol. The van der Waals surface area contributed by atoms with Crippen LogP contribution < -0.4 is 4.90 Å². The number of likely N-dealkylation sites (tertiary alicyclic amines) is 1. The first-order valence-electron chi connectivity index (χ1n) is 8.11. The lowest BCUT2D eigenvalue weighted by Crippen LogP contribution is -2.52. The fraction of sp³-hybridized carbons (Fsp3) is 0.647. The molecular formula is C17H25N3O2. The number of nitrogens with zero attached hydrogens (tertiary/aromatic N) is 3. The molecule has 0 spiro atoms. The summed E-state index contributed by atoms with van der Waals surface area (Å²) in [4.78, 5) is 21.2. The Bertz CT molecular complexity index is 561. The minimum atomic E-state index is -0.316. The topological polar surface area (TPSA) is 45.7 Å². The molecule has 2 atom stereocenters. The highest BCUT2D eigenvalue weighted by molar-refractivity contribution is 5.90. The molecule has 2 aliphatic rings. The van der Waals surface area contributed by atoms with Gasteiger partial charge in [-0.05, 0) is 57.8 Å². The van der Waals surface area contributed by atoms with E-state index in [-0.39, 0.29) is 5.97 Å². The van der Waals surface area contributed by atoms with E-state index in [0.717, 1.165) is 36.6 Å². The molecule has 5 nitrogen and oxygen atoms in total. The van der Waals surface area contributed by atoms with Gasteiger partial charge in [0.2, 0.25) is 0 Å². The molecule has 2 unspecified atom stereocenters. The summed E-state index contributed by atoms with van der Waals surface area (Å²) in [6, 6.07) is 4.51. The second kappa shape index (κ2) is 6.24. The van der Waals surface area contributed by atoms with Crippen molar-refractivity contribution in [2.45, 2.75) is 32.2 Å². The van der Waals surface area contributed by atoms with Gasteiger partial charge in [-0.25, -0.2) is 9.78 Å². The van der Waals surface area contributed by atoms with E-state index in [1.165, 1.54) is 32.9 Å². The van der Waals surface area contributed by atoms with Gasteiger partial charge in [0.1, 0.15) is 5.82 Å². The summed E-state index contributed by atoms with van der Waals surface area (Å²) >= 11 is 0. The number of esters is 1. The van der Waals surface area contributed by atoms with Gasteiger partial charge in [0.15, 0.2) is 0 Å². The Kier molecular flexibility index (Phi) is 4.34. The third kappa shape index (κ3) is 2.82. The monoisotopic (exact) mass is 303 g/mol. The van der Waals surface area contributed by atoms with Gasteiger partial charge in [-0.2, -0.15) is 0 Å². The van der Waals surface area contributed by atoms with Gasteiger partial charge in [0.05, 0.1) is 18.4 Å². The molecule has 120 valence electrons. The molecule has 3 rings (SSSR count). The van der Waals surface area contributed by atoms with Crippen molar-refractivity contribution in [3.8, 4) is 0 Å². The van der Waals surface area contributed by atoms with Gasteiger partial charge < -0.3 is 14.5 Å². The number of carbonyl (C=O) groups is 1. The molecule has 2 saturated heterocycles. The molecular weight excluding hydrogens is 278 g/mol. The van der Waals surface area contributed by atoms with Gasteiger partial charge in [-0.3, -0.25) is 0 Å². The molecule has 0 N–H and O–H groups in total. The van der Waals surface area contributed by atoms with E-state index in [2.05, 4.69) is 21.8 Å². The van der Waals surface area contributed by atoms with Crippen LogP contribution in [0.5, 0.6) is 0 Å². The minimum absolute atomic E-state index is 0.316. The number of methoxy groups -OCH3 is 1. The van der Waals surface area contributed by atoms with Crippen LogP contribution in [0, 0.1) is 12.8 Å². The molecule has 1 aromatic rings. The first kappa shape index (κ1) is 15.3. The van der Waals surface area contributed by atoms with E-state index in [4.69, 9.17) is 4.74 Å². The fourth-order valence-electron chi connectivity index (χ4n) is 3.91. The highest BCUT2D eigenvalue weighted by Crippen LogP contribution is 2.31. The minimum Gasteiger partial charge on any atom is -0.465 e. The van der Waals surface area contributed by atoms with E-state index >= 15 is 0 Å². The molecule has 0 bridgehead atoms. The Morgan fingerprint density at radius 2 is 2.14 bits per heavy atom. The van der Waals surface area contributed by atoms with E-state index < -0.39 is 0 Å². The number of hydrogen-bond acceptors (Lipinski definition) is 5. The third-order valence-corrected chi connectivity index (χ3v) is 5.15. The molecule has 0 aliphatic carbocycles. The molecule has 2 aliphatic heterocycles. The predicted molar refractivity (Wildman–Crippen MR) is 86.3 cm³/mol. The van der Waals surface area contributed by atoms with Gasteiger partial charge >= 0.3 is 5.97 Å². The number of ether oxygens (including phenoxy) is 1. The Hall–Kier alpha value is -1.62. The van der Waals surface area contributed by atoms with Crippen molar-refractivity contribution < 1.29 is 9.53 Å². The summed E-state index contributed by atoms with van der Waals surface area (Å²) in [5.41, 5.74) is 1.30. The summed E-state index contributed by atoms with van der Waals surface area (Å²) in [6.07, 6.45) is 3.80. The van der Waals surface area contributed by atoms with Crippen LogP contribution in [0.3, 0.4) is 0 Å². The molecule has 0 amide bonds. The SMILES string of the molecule is COC(=O)c1ccc(N2CCC3C(CCCN3C)C2)nc1C. The fourth-order valence-corrected chi connectivity index (χ4v) is 3.91. The average Bonchev–Trinajstić information content (AvgIpc) is 2.54. The quantitative estimate of drug-likeness (QED) is 0.783. The van der Waals surface area contributed by atoms with Crippen molar-refractivity contribution in [3.05, 3.63) is 23.4 Å². The lowest BCUT2D eigenvalue weighted by atomic mass is 9.84. The van der Waals surface area contributed by atoms with Crippen LogP contribution in [0.4, 0.5) is 5.82 Å². The molecule has 22 heavy (non-hydrogen) atoms. The summed E-state index contributed by atoms with van der Waals surface area (Å²) in [5.74, 6) is 1.40. The van der Waals surface area contributed by atoms with Crippen molar-refractivity contribution >= 4 is 11.8 Å². The van der Waals surface area contributed by atoms with Gasteiger partial charge in [0.25, 0.3) is 0 Å². The Morgan fingerprint density at radius 1 is 1.32 bits per heavy atom. The maximum Gasteiger partial charge on any atom is 0.339 e. The number of carbonyl (C=O) groups excluding carboxylic acids is 1. The maximum atomic E-state index is 11.7. The largest absolute Gasteiger partial charge is 0.465 e. The summed E-state index contributed by atoms with van der Waals surface area (Å²) in [6.45, 7) is 5.21. The van der Waals surface area contributed by atoms with Crippen molar-refractivity contribution in [2.75, 3.05) is 38.7 Å². The third-order valence-electron chi connectivity index (χ3n) is 5.15. The number of fused-ring (bicyclic) bond motifs is 1. The lowest BCUT2D eigenvalue weighted by Gasteiger charge is -2.46. The summed E-state index contributed by atoms with van der Waals surface area (Å²) in [5, 5.41) is 0. The zero-order chi connectivity index (χ0) is 15.7. The zero-order valence-electron chi connectivity index (χ0n) is 13.7. The lowest BCUT2D eigenvalue weighted by molar-refractivity contribution is 0.0599. The second-order valence-electron chi connectivity index (χ2n) is 6.48. The molecule has 0 radical (unpaired) electrons. The van der Waals surface area contributed by atoms with E-state index in [1.807, 2.05) is 19.1 Å². The first-order chi connectivity index (χ1) is 10.6. The normalized spacial score (nSPS) is 25.7. The van der Waals surface area contributed by atoms with Crippen molar-refractivity contribution in [1.82, 2.24) is 9.88 Å². The number of aryl methyl sites for hydroxylation is 1. The molecule has 1 aromatic heterocycles. The maximum absolute atomic E-state index is 11.7. The molecule has 0 aromatic carbocycles. The van der Waals surface area contributed by atoms with Crippen molar-refractivity contribution in [1.29, 1.82) is 0 Å². The Morgan fingerprint density at radius 3 is 2.86 bits per heavy atom. The van der Waals surface area contributed by atoms with Crippen LogP contribution in [-0.2, 0) is 4.74 Å². The molecule has 0 saturated carbocycles. The van der Waals surface area contributed by atoms with E-state index in [9.17, 15) is 4.79 Å². The van der Waals surface area contributed by atoms with Crippen molar-refractivity contribution in [2.24, 2.45) is 5.92 Å². The van der Waals surface area contributed by atoms with E-state index in [0.29, 0.717) is 5.56 Å². The van der Waals surface area contributed by atoms with E-state index in [1.54, 1.807) is 0 Å². The molecule has 2 fully saturated rings. The van der Waals surface area contributed by atoms with Gasteiger partial charge in [0, 0.05) is 19.1 Å². The number of hydrogen-bond donors (Lipinski definition) is 0. The summed E-state index contributed by atoms with van der Waals surface area (Å²) < 4.78 is 4.79. The smallest absolute Gasteiger partial charge is 0.339 e. The zero-order valence-corrected chi connectivity index (χ0v) is 13.7. The summed E-state index contributed by atoms with van der Waals surface area (Å²) in [7, 11) is 3.65. The van der Waals surface area contributed by atoms with Crippen LogP contribution in [-0.4, -0.2) is 55.7 Å². The number of pyridine rings is 1.